The highest BCUT2D eigenvalue weighted by Gasteiger charge is 2.41. The Morgan fingerprint density at radius 2 is 2.00 bits per heavy atom. The molecule has 0 bridgehead atoms. The van der Waals surface area contributed by atoms with Gasteiger partial charge in [0.05, 0.1) is 14.2 Å². The van der Waals surface area contributed by atoms with Crippen molar-refractivity contribution in [3.63, 3.8) is 0 Å². The molecular weight excluding hydrogens is 250 g/mol. The van der Waals surface area contributed by atoms with Crippen LogP contribution in [0.15, 0.2) is 18.2 Å². The van der Waals surface area contributed by atoms with Crippen LogP contribution in [-0.2, 0) is 0 Å². The Morgan fingerprint density at radius 3 is 2.60 bits per heavy atom. The van der Waals surface area contributed by atoms with E-state index in [1.165, 1.54) is 24.8 Å². The standard InChI is InChI=1S/C17H27NO2/c1-5-9-18-16-11-14(13(16)6-2)15-10-12(19-3)7-8-17(15)20-4/h7-8,10,13-14,16,18H,5-6,9,11H2,1-4H3. The molecule has 1 saturated carbocycles. The summed E-state index contributed by atoms with van der Waals surface area (Å²) >= 11 is 0. The van der Waals surface area contributed by atoms with E-state index in [0.29, 0.717) is 17.9 Å². The highest BCUT2D eigenvalue weighted by molar-refractivity contribution is 5.44. The van der Waals surface area contributed by atoms with Crippen molar-refractivity contribution < 1.29 is 9.47 Å². The van der Waals surface area contributed by atoms with Crippen LogP contribution in [0.5, 0.6) is 11.5 Å². The van der Waals surface area contributed by atoms with Crippen molar-refractivity contribution >= 4 is 0 Å². The van der Waals surface area contributed by atoms with Gasteiger partial charge in [-0.3, -0.25) is 0 Å². The lowest BCUT2D eigenvalue weighted by Gasteiger charge is -2.46. The van der Waals surface area contributed by atoms with Gasteiger partial charge < -0.3 is 14.8 Å². The number of hydrogen-bond acceptors (Lipinski definition) is 3. The maximum absolute atomic E-state index is 5.53. The maximum Gasteiger partial charge on any atom is 0.122 e. The molecule has 1 aromatic carbocycles. The Hall–Kier alpha value is -1.22. The van der Waals surface area contributed by atoms with Crippen LogP contribution in [0.2, 0.25) is 0 Å². The molecule has 2 rings (SSSR count). The van der Waals surface area contributed by atoms with Crippen molar-refractivity contribution in [3.05, 3.63) is 23.8 Å². The molecule has 1 fully saturated rings. The smallest absolute Gasteiger partial charge is 0.122 e. The van der Waals surface area contributed by atoms with Gasteiger partial charge in [-0.15, -0.1) is 0 Å². The molecule has 1 N–H and O–H groups in total. The third kappa shape index (κ3) is 2.93. The molecule has 0 saturated heterocycles. The van der Waals surface area contributed by atoms with Crippen LogP contribution in [0.3, 0.4) is 0 Å². The Labute approximate surface area is 122 Å². The third-order valence-corrected chi connectivity index (χ3v) is 4.51. The summed E-state index contributed by atoms with van der Waals surface area (Å²) in [4.78, 5) is 0. The Bertz CT molecular complexity index is 433. The lowest BCUT2D eigenvalue weighted by molar-refractivity contribution is 0.158. The van der Waals surface area contributed by atoms with Crippen LogP contribution >= 0.6 is 0 Å². The van der Waals surface area contributed by atoms with Crippen LogP contribution in [0.25, 0.3) is 0 Å². The second-order valence-corrected chi connectivity index (χ2v) is 5.58. The fourth-order valence-corrected chi connectivity index (χ4v) is 3.33. The van der Waals surface area contributed by atoms with Crippen molar-refractivity contribution in [2.24, 2.45) is 5.92 Å². The summed E-state index contributed by atoms with van der Waals surface area (Å²) in [5.74, 6) is 3.19. The zero-order chi connectivity index (χ0) is 14.5. The van der Waals surface area contributed by atoms with Gasteiger partial charge in [0.1, 0.15) is 11.5 Å². The van der Waals surface area contributed by atoms with E-state index in [1.54, 1.807) is 14.2 Å². The second-order valence-electron chi connectivity index (χ2n) is 5.58. The Kier molecular flexibility index (Phi) is 5.30. The molecule has 3 unspecified atom stereocenters. The number of hydrogen-bond donors (Lipinski definition) is 1. The monoisotopic (exact) mass is 277 g/mol. The minimum Gasteiger partial charge on any atom is -0.497 e. The quantitative estimate of drug-likeness (QED) is 0.826. The first-order valence-electron chi connectivity index (χ1n) is 7.70. The van der Waals surface area contributed by atoms with E-state index >= 15 is 0 Å². The summed E-state index contributed by atoms with van der Waals surface area (Å²) < 4.78 is 10.9. The summed E-state index contributed by atoms with van der Waals surface area (Å²) in [6.07, 6.45) is 3.59. The van der Waals surface area contributed by atoms with Gasteiger partial charge in [-0.2, -0.15) is 0 Å². The summed E-state index contributed by atoms with van der Waals surface area (Å²) in [5.41, 5.74) is 1.30. The lowest BCUT2D eigenvalue weighted by atomic mass is 9.64. The molecule has 0 spiro atoms. The largest absolute Gasteiger partial charge is 0.497 e. The molecule has 3 nitrogen and oxygen atoms in total. The van der Waals surface area contributed by atoms with Gasteiger partial charge in [-0.1, -0.05) is 20.3 Å². The minimum absolute atomic E-state index is 0.583. The number of rotatable bonds is 7. The van der Waals surface area contributed by atoms with Crippen molar-refractivity contribution in [1.29, 1.82) is 0 Å². The molecule has 112 valence electrons. The average Bonchev–Trinajstić information content (AvgIpc) is 2.46. The Morgan fingerprint density at radius 1 is 1.20 bits per heavy atom. The van der Waals surface area contributed by atoms with Gasteiger partial charge in [-0.25, -0.2) is 0 Å². The van der Waals surface area contributed by atoms with Crippen molar-refractivity contribution in [2.45, 2.75) is 45.1 Å². The van der Waals surface area contributed by atoms with Crippen molar-refractivity contribution in [2.75, 3.05) is 20.8 Å². The van der Waals surface area contributed by atoms with Crippen LogP contribution < -0.4 is 14.8 Å². The first-order valence-corrected chi connectivity index (χ1v) is 7.70. The predicted octanol–water partition coefficient (Wildman–Crippen LogP) is 3.59. The van der Waals surface area contributed by atoms with Gasteiger partial charge in [-0.05, 0) is 49.4 Å². The molecule has 0 amide bonds. The van der Waals surface area contributed by atoms with E-state index in [-0.39, 0.29) is 0 Å². The molecule has 1 aliphatic carbocycles. The molecule has 3 atom stereocenters. The maximum atomic E-state index is 5.53. The van der Waals surface area contributed by atoms with E-state index in [2.05, 4.69) is 25.2 Å². The zero-order valence-electron chi connectivity index (χ0n) is 13.1. The minimum atomic E-state index is 0.583. The normalized spacial score (nSPS) is 25.1. The van der Waals surface area contributed by atoms with Gasteiger partial charge in [0.25, 0.3) is 0 Å². The molecule has 0 aromatic heterocycles. The fraction of sp³-hybridized carbons (Fsp3) is 0.647. The van der Waals surface area contributed by atoms with Crippen LogP contribution in [0, 0.1) is 5.92 Å². The number of nitrogens with one attached hydrogen (secondary N) is 1. The molecule has 20 heavy (non-hydrogen) atoms. The number of ether oxygens (including phenoxy) is 2. The third-order valence-electron chi connectivity index (χ3n) is 4.51. The molecule has 1 aromatic rings. The fourth-order valence-electron chi connectivity index (χ4n) is 3.33. The first-order chi connectivity index (χ1) is 9.74. The molecule has 1 aliphatic rings. The van der Waals surface area contributed by atoms with Crippen molar-refractivity contribution in [3.8, 4) is 11.5 Å². The van der Waals surface area contributed by atoms with E-state index in [4.69, 9.17) is 9.47 Å². The summed E-state index contributed by atoms with van der Waals surface area (Å²) in [7, 11) is 3.47. The summed E-state index contributed by atoms with van der Waals surface area (Å²) in [6.45, 7) is 5.61. The van der Waals surface area contributed by atoms with E-state index in [1.807, 2.05) is 12.1 Å². The van der Waals surface area contributed by atoms with Gasteiger partial charge in [0.2, 0.25) is 0 Å². The molecular formula is C17H27NO2. The summed E-state index contributed by atoms with van der Waals surface area (Å²) in [5, 5.41) is 3.66. The van der Waals surface area contributed by atoms with Gasteiger partial charge in [0, 0.05) is 11.6 Å². The predicted molar refractivity (Wildman–Crippen MR) is 82.8 cm³/mol. The van der Waals surface area contributed by atoms with E-state index < -0.39 is 0 Å². The van der Waals surface area contributed by atoms with E-state index in [0.717, 1.165) is 18.0 Å². The lowest BCUT2D eigenvalue weighted by Crippen LogP contribution is -2.49. The molecule has 0 radical (unpaired) electrons. The molecule has 3 heteroatoms. The Balaban J connectivity index is 2.15. The first kappa shape index (κ1) is 15.2. The van der Waals surface area contributed by atoms with Crippen molar-refractivity contribution in [1.82, 2.24) is 5.32 Å². The van der Waals surface area contributed by atoms with Crippen LogP contribution in [-0.4, -0.2) is 26.8 Å². The second kappa shape index (κ2) is 6.98. The van der Waals surface area contributed by atoms with Gasteiger partial charge in [0.15, 0.2) is 0 Å². The van der Waals surface area contributed by atoms with Crippen LogP contribution in [0.4, 0.5) is 0 Å². The highest BCUT2D eigenvalue weighted by atomic mass is 16.5. The SMILES string of the molecule is CCCNC1CC(c2cc(OC)ccc2OC)C1CC. The van der Waals surface area contributed by atoms with Gasteiger partial charge >= 0.3 is 0 Å². The molecule has 0 aliphatic heterocycles. The topological polar surface area (TPSA) is 30.5 Å². The average molecular weight is 277 g/mol. The number of methoxy groups -OCH3 is 2. The van der Waals surface area contributed by atoms with Crippen LogP contribution in [0.1, 0.15) is 44.6 Å². The molecule has 0 heterocycles. The zero-order valence-corrected chi connectivity index (χ0v) is 13.1. The number of benzene rings is 1. The highest BCUT2D eigenvalue weighted by Crippen LogP contribution is 2.48. The van der Waals surface area contributed by atoms with E-state index in [9.17, 15) is 0 Å². The summed E-state index contributed by atoms with van der Waals surface area (Å²) in [6, 6.07) is 6.78.